The van der Waals surface area contributed by atoms with E-state index in [4.69, 9.17) is 0 Å². The van der Waals surface area contributed by atoms with Crippen LogP contribution >= 0.6 is 0 Å². The van der Waals surface area contributed by atoms with Gasteiger partial charge in [-0.25, -0.2) is 0 Å². The van der Waals surface area contributed by atoms with Crippen LogP contribution in [0, 0.1) is 0 Å². The summed E-state index contributed by atoms with van der Waals surface area (Å²) in [6, 6.07) is 4.17. The van der Waals surface area contributed by atoms with Crippen molar-refractivity contribution in [3.05, 3.63) is 33.6 Å². The van der Waals surface area contributed by atoms with Crippen LogP contribution in [0.15, 0.2) is 16.9 Å². The first-order valence-corrected chi connectivity index (χ1v) is 9.65. The van der Waals surface area contributed by atoms with Gasteiger partial charge in [-0.05, 0) is 0 Å². The summed E-state index contributed by atoms with van der Waals surface area (Å²) < 4.78 is 2.80. The number of fused-ring (bicyclic) bond motifs is 1. The van der Waals surface area contributed by atoms with Gasteiger partial charge in [0.25, 0.3) is 0 Å². The fourth-order valence-corrected chi connectivity index (χ4v) is 4.70. The number of nitrogens with zero attached hydrogens (tertiary/aromatic N) is 1. The number of benzene rings is 1. The molecule has 1 N–H and O–H groups in total. The zero-order chi connectivity index (χ0) is 17.5. The Kier molecular flexibility index (Phi) is 4.93. The quantitative estimate of drug-likeness (QED) is 0.831. The molecule has 0 fully saturated rings. The number of nitrogens with one attached hydrogen (secondary N) is 1. The number of rotatable bonds is 3. The topological polar surface area (TPSA) is 51.1 Å². The molecule has 2 rings (SSSR count). The van der Waals surface area contributed by atoms with E-state index in [2.05, 4.69) is 26.1 Å². The van der Waals surface area contributed by atoms with E-state index < -0.39 is 0 Å². The van der Waals surface area contributed by atoms with Gasteiger partial charge in [-0.2, -0.15) is 0 Å². The third-order valence-electron chi connectivity index (χ3n) is 3.71. The van der Waals surface area contributed by atoms with Crippen molar-refractivity contribution in [3.8, 4) is 0 Å². The summed E-state index contributed by atoms with van der Waals surface area (Å²) in [5.41, 5.74) is 1.64. The monoisotopic (exact) mass is 382 g/mol. The molecule has 0 spiro atoms. The standard InChI is InChI=1S/C18H26N2O2Se/c1-10(2)19-16(21)13-8-12(18(5,6)7)9-14-15(13)23-20(11(3)4)17(14)22/h8-11H,1-7H3,(H,19,21). The average Bonchev–Trinajstić information content (AvgIpc) is 2.73. The number of hydrogen-bond donors (Lipinski definition) is 1. The van der Waals surface area contributed by atoms with Gasteiger partial charge >= 0.3 is 144 Å². The predicted octanol–water partition coefficient (Wildman–Crippen LogP) is 3.08. The Hall–Kier alpha value is -1.32. The van der Waals surface area contributed by atoms with Crippen LogP contribution < -0.4 is 10.9 Å². The summed E-state index contributed by atoms with van der Waals surface area (Å²) in [6.07, 6.45) is 0. The molecule has 0 bridgehead atoms. The molecule has 1 aromatic heterocycles. The number of aromatic nitrogens is 1. The number of carbonyl (C=O) groups is 1. The first-order valence-electron chi connectivity index (χ1n) is 8.03. The van der Waals surface area contributed by atoms with Gasteiger partial charge in [0.1, 0.15) is 0 Å². The molecule has 1 amide bonds. The molecule has 0 saturated heterocycles. The molecule has 4 nitrogen and oxygen atoms in total. The molecule has 0 aliphatic heterocycles. The van der Waals surface area contributed by atoms with Crippen molar-refractivity contribution in [3.63, 3.8) is 0 Å². The normalized spacial score (nSPS) is 12.4. The maximum absolute atomic E-state index is 12.7. The van der Waals surface area contributed by atoms with Crippen molar-refractivity contribution >= 4 is 30.3 Å². The van der Waals surface area contributed by atoms with Gasteiger partial charge in [0.15, 0.2) is 0 Å². The van der Waals surface area contributed by atoms with E-state index in [9.17, 15) is 9.59 Å². The summed E-state index contributed by atoms with van der Waals surface area (Å²) in [5, 5.41) is 3.68. The van der Waals surface area contributed by atoms with E-state index >= 15 is 0 Å². The second kappa shape index (κ2) is 6.29. The van der Waals surface area contributed by atoms with E-state index in [1.54, 1.807) is 0 Å². The molecule has 0 radical (unpaired) electrons. The van der Waals surface area contributed by atoms with Crippen molar-refractivity contribution in [2.75, 3.05) is 0 Å². The first-order chi connectivity index (χ1) is 10.5. The molecule has 1 heterocycles. The first kappa shape index (κ1) is 18.0. The molecule has 0 saturated carbocycles. The fraction of sp³-hybridized carbons (Fsp3) is 0.556. The summed E-state index contributed by atoms with van der Waals surface area (Å²) in [5.74, 6) is -0.0809. The zero-order valence-corrected chi connectivity index (χ0v) is 16.7. The molecule has 1 aromatic carbocycles. The molecule has 126 valence electrons. The van der Waals surface area contributed by atoms with Crippen LogP contribution in [0.1, 0.15) is 70.4 Å². The van der Waals surface area contributed by atoms with Crippen LogP contribution in [0.3, 0.4) is 0 Å². The van der Waals surface area contributed by atoms with Crippen molar-refractivity contribution in [1.82, 2.24) is 8.88 Å². The van der Waals surface area contributed by atoms with E-state index in [1.165, 1.54) is 0 Å². The third kappa shape index (κ3) is 3.61. The van der Waals surface area contributed by atoms with Gasteiger partial charge in [-0.3, -0.25) is 0 Å². The second-order valence-corrected chi connectivity index (χ2v) is 9.66. The molecule has 0 unspecified atom stereocenters. The Morgan fingerprint density at radius 3 is 2.26 bits per heavy atom. The van der Waals surface area contributed by atoms with Crippen LogP contribution in [0.25, 0.3) is 9.65 Å². The SMILES string of the molecule is CC(C)NC(=O)c1cc(C(C)(C)C)cc2c(=O)n(C(C)C)[se]c12. The van der Waals surface area contributed by atoms with Crippen LogP contribution in [-0.4, -0.2) is 30.2 Å². The minimum absolute atomic E-state index is 0.0553. The molecular formula is C18H26N2O2Se. The molecular weight excluding hydrogens is 355 g/mol. The number of carbonyl (C=O) groups excluding carboxylic acids is 1. The summed E-state index contributed by atoms with van der Waals surface area (Å²) in [4.78, 5) is 25.4. The van der Waals surface area contributed by atoms with Gasteiger partial charge in [0.2, 0.25) is 0 Å². The van der Waals surface area contributed by atoms with E-state index in [0.29, 0.717) is 10.9 Å². The summed E-state index contributed by atoms with van der Waals surface area (Å²) in [7, 11) is 0. The molecule has 5 heteroatoms. The third-order valence-corrected chi connectivity index (χ3v) is 6.66. The predicted molar refractivity (Wildman–Crippen MR) is 96.8 cm³/mol. The molecule has 2 aromatic rings. The fourth-order valence-electron chi connectivity index (χ4n) is 2.43. The van der Waals surface area contributed by atoms with Gasteiger partial charge in [0, 0.05) is 0 Å². The van der Waals surface area contributed by atoms with Crippen molar-refractivity contribution < 1.29 is 4.79 Å². The van der Waals surface area contributed by atoms with Crippen LogP contribution in [0.2, 0.25) is 0 Å². The van der Waals surface area contributed by atoms with Crippen molar-refractivity contribution in [2.45, 2.75) is 66.0 Å². The Balaban J connectivity index is 2.79. The Morgan fingerprint density at radius 2 is 1.78 bits per heavy atom. The Bertz CT molecular complexity index is 792. The van der Waals surface area contributed by atoms with Gasteiger partial charge in [-0.1, -0.05) is 0 Å². The number of hydrogen-bond acceptors (Lipinski definition) is 2. The van der Waals surface area contributed by atoms with E-state index in [1.807, 2.05) is 43.4 Å². The zero-order valence-electron chi connectivity index (χ0n) is 15.0. The van der Waals surface area contributed by atoms with Gasteiger partial charge in [-0.15, -0.1) is 0 Å². The van der Waals surface area contributed by atoms with E-state index in [0.717, 1.165) is 9.82 Å². The summed E-state index contributed by atoms with van der Waals surface area (Å²) in [6.45, 7) is 14.2. The molecule has 0 atom stereocenters. The van der Waals surface area contributed by atoms with Gasteiger partial charge in [0.05, 0.1) is 0 Å². The van der Waals surface area contributed by atoms with Crippen LogP contribution in [0.4, 0.5) is 0 Å². The van der Waals surface area contributed by atoms with Crippen molar-refractivity contribution in [2.24, 2.45) is 0 Å². The minimum atomic E-state index is -0.138. The molecule has 23 heavy (non-hydrogen) atoms. The Morgan fingerprint density at radius 1 is 1.17 bits per heavy atom. The van der Waals surface area contributed by atoms with Crippen molar-refractivity contribution in [1.29, 1.82) is 0 Å². The summed E-state index contributed by atoms with van der Waals surface area (Å²) >= 11 is -0.138. The van der Waals surface area contributed by atoms with E-state index in [-0.39, 0.29) is 43.7 Å². The molecule has 0 aliphatic carbocycles. The maximum atomic E-state index is 12.7. The van der Waals surface area contributed by atoms with Crippen LogP contribution in [0.5, 0.6) is 0 Å². The number of amides is 1. The molecule has 0 aliphatic rings. The Labute approximate surface area is 143 Å². The second-order valence-electron chi connectivity index (χ2n) is 7.59. The van der Waals surface area contributed by atoms with Crippen LogP contribution in [-0.2, 0) is 5.41 Å². The van der Waals surface area contributed by atoms with Gasteiger partial charge < -0.3 is 0 Å². The average molecular weight is 381 g/mol.